The summed E-state index contributed by atoms with van der Waals surface area (Å²) in [6.45, 7) is 1.80. The molecule has 0 aliphatic carbocycles. The summed E-state index contributed by atoms with van der Waals surface area (Å²) in [5.74, 6) is 0. The standard InChI is InChI=1S/C4H11NO2.C2H8O7P2/c6-3-1-5-2-4-7;1-2(3,10(4,5)6)11(7,8)9/h5-7H,1-4H2;3H,1H3,(H2,4,5,6)(H2,7,8,9). The van der Waals surface area contributed by atoms with E-state index in [1.54, 1.807) is 0 Å². The molecule has 0 aromatic carbocycles. The molecule has 0 unspecified atom stereocenters. The molecule has 0 heterocycles. The van der Waals surface area contributed by atoms with Crippen LogP contribution < -0.4 is 5.32 Å². The lowest BCUT2D eigenvalue weighted by Gasteiger charge is -2.24. The predicted molar refractivity (Wildman–Crippen MR) is 61.8 cm³/mol. The number of nitrogens with one attached hydrogen (secondary N) is 1. The van der Waals surface area contributed by atoms with Crippen LogP contribution in [0.15, 0.2) is 0 Å². The van der Waals surface area contributed by atoms with E-state index in [0.717, 1.165) is 0 Å². The summed E-state index contributed by atoms with van der Waals surface area (Å²) >= 11 is 0. The molecule has 12 heteroatoms. The summed E-state index contributed by atoms with van der Waals surface area (Å²) in [5.41, 5.74) is 0. The molecular weight excluding hydrogens is 292 g/mol. The second-order valence-corrected chi connectivity index (χ2v) is 7.53. The summed E-state index contributed by atoms with van der Waals surface area (Å²) in [5, 5.41) is 24.5. The maximum absolute atomic E-state index is 10.3. The number of aliphatic hydroxyl groups excluding tert-OH is 2. The second-order valence-electron chi connectivity index (χ2n) is 3.26. The average Bonchev–Trinajstić information content (AvgIpc) is 2.16. The average molecular weight is 311 g/mol. The van der Waals surface area contributed by atoms with Crippen molar-refractivity contribution in [2.75, 3.05) is 26.3 Å². The maximum atomic E-state index is 10.3. The van der Waals surface area contributed by atoms with Gasteiger partial charge in [0, 0.05) is 13.1 Å². The molecule has 0 aliphatic rings. The van der Waals surface area contributed by atoms with Gasteiger partial charge in [-0.2, -0.15) is 0 Å². The van der Waals surface area contributed by atoms with E-state index in [1.165, 1.54) is 0 Å². The third-order valence-electron chi connectivity index (χ3n) is 1.68. The lowest BCUT2D eigenvalue weighted by atomic mass is 10.6. The van der Waals surface area contributed by atoms with Crippen LogP contribution in [-0.2, 0) is 9.13 Å². The van der Waals surface area contributed by atoms with Crippen molar-refractivity contribution in [3.8, 4) is 0 Å². The highest BCUT2D eigenvalue weighted by Crippen LogP contribution is 2.66. The molecule has 112 valence electrons. The molecule has 0 fully saturated rings. The SMILES string of the molecule is CC(O)(P(=O)(O)O)P(=O)(O)O.OCCNCCO. The number of rotatable bonds is 6. The Kier molecular flexibility index (Phi) is 9.48. The van der Waals surface area contributed by atoms with Gasteiger partial charge in [-0.1, -0.05) is 0 Å². The highest BCUT2D eigenvalue weighted by molar-refractivity contribution is 7.71. The maximum Gasteiger partial charge on any atom is 0.369 e. The fourth-order valence-electron chi connectivity index (χ4n) is 0.453. The van der Waals surface area contributed by atoms with Crippen molar-refractivity contribution in [3.05, 3.63) is 0 Å². The van der Waals surface area contributed by atoms with Crippen LogP contribution in [0.25, 0.3) is 0 Å². The minimum absolute atomic E-state index is 0.139. The molecule has 0 bridgehead atoms. The van der Waals surface area contributed by atoms with Crippen molar-refractivity contribution in [1.82, 2.24) is 5.32 Å². The minimum atomic E-state index is -5.20. The van der Waals surface area contributed by atoms with Gasteiger partial charge in [-0.05, 0) is 6.92 Å². The van der Waals surface area contributed by atoms with Crippen LogP contribution in [-0.4, -0.2) is 66.3 Å². The summed E-state index contributed by atoms with van der Waals surface area (Å²) in [6, 6.07) is 0. The first-order valence-electron chi connectivity index (χ1n) is 4.68. The lowest BCUT2D eigenvalue weighted by molar-refractivity contribution is 0.146. The van der Waals surface area contributed by atoms with Crippen LogP contribution in [0, 0.1) is 0 Å². The van der Waals surface area contributed by atoms with Gasteiger partial charge in [0.15, 0.2) is 0 Å². The van der Waals surface area contributed by atoms with E-state index < -0.39 is 20.3 Å². The van der Waals surface area contributed by atoms with E-state index in [1.807, 2.05) is 0 Å². The largest absolute Gasteiger partial charge is 0.395 e. The van der Waals surface area contributed by atoms with Crippen LogP contribution in [0.3, 0.4) is 0 Å². The Morgan fingerprint density at radius 1 is 0.944 bits per heavy atom. The van der Waals surface area contributed by atoms with Gasteiger partial charge >= 0.3 is 15.2 Å². The van der Waals surface area contributed by atoms with Crippen molar-refractivity contribution >= 4 is 15.2 Å². The van der Waals surface area contributed by atoms with Crippen molar-refractivity contribution < 1.29 is 44.0 Å². The van der Waals surface area contributed by atoms with E-state index in [9.17, 15) is 9.13 Å². The molecule has 0 atom stereocenters. The summed E-state index contributed by atoms with van der Waals surface area (Å²) in [7, 11) is -10.4. The van der Waals surface area contributed by atoms with Crippen molar-refractivity contribution in [1.29, 1.82) is 0 Å². The van der Waals surface area contributed by atoms with Gasteiger partial charge in [0.2, 0.25) is 0 Å². The Labute approximate surface area is 104 Å². The smallest absolute Gasteiger partial charge is 0.369 e. The Morgan fingerprint density at radius 3 is 1.33 bits per heavy atom. The Balaban J connectivity index is 0. The van der Waals surface area contributed by atoms with Gasteiger partial charge in [-0.15, -0.1) is 0 Å². The summed E-state index contributed by atoms with van der Waals surface area (Å²) in [4.78, 5) is 33.0. The van der Waals surface area contributed by atoms with E-state index in [4.69, 9.17) is 34.9 Å². The first-order valence-corrected chi connectivity index (χ1v) is 7.90. The fraction of sp³-hybridized carbons (Fsp3) is 1.00. The zero-order valence-electron chi connectivity index (χ0n) is 9.67. The third-order valence-corrected chi connectivity index (χ3v) is 5.45. The third kappa shape index (κ3) is 7.55. The van der Waals surface area contributed by atoms with Crippen molar-refractivity contribution in [2.45, 2.75) is 12.0 Å². The monoisotopic (exact) mass is 311 g/mol. The van der Waals surface area contributed by atoms with Crippen LogP contribution in [0.1, 0.15) is 6.92 Å². The van der Waals surface area contributed by atoms with E-state index >= 15 is 0 Å². The highest BCUT2D eigenvalue weighted by Gasteiger charge is 2.55. The Hall–Kier alpha value is 0.140. The number of aliphatic hydroxyl groups is 3. The quantitative estimate of drug-likeness (QED) is 0.193. The molecule has 0 aromatic heterocycles. The summed E-state index contributed by atoms with van der Waals surface area (Å²) < 4.78 is 20.5. The summed E-state index contributed by atoms with van der Waals surface area (Å²) in [6.07, 6.45) is 0. The predicted octanol–water partition coefficient (Wildman–Crippen LogP) is -2.43. The molecule has 0 amide bonds. The first-order chi connectivity index (χ1) is 7.91. The number of hydrogen-bond donors (Lipinski definition) is 8. The topological polar surface area (TPSA) is 188 Å². The Bertz CT molecular complexity index is 280. The normalized spacial score (nSPS) is 12.9. The zero-order valence-corrected chi connectivity index (χ0v) is 11.5. The lowest BCUT2D eigenvalue weighted by Crippen LogP contribution is -2.23. The molecule has 0 rings (SSSR count). The first kappa shape index (κ1) is 20.5. The van der Waals surface area contributed by atoms with Crippen LogP contribution in [0.5, 0.6) is 0 Å². The van der Waals surface area contributed by atoms with Crippen molar-refractivity contribution in [2.24, 2.45) is 0 Å². The second kappa shape index (κ2) is 8.34. The van der Waals surface area contributed by atoms with Crippen LogP contribution in [0.2, 0.25) is 0 Å². The van der Waals surface area contributed by atoms with E-state index in [-0.39, 0.29) is 13.2 Å². The molecule has 8 N–H and O–H groups in total. The molecule has 0 saturated carbocycles. The molecule has 0 radical (unpaired) electrons. The van der Waals surface area contributed by atoms with E-state index in [2.05, 4.69) is 5.32 Å². The van der Waals surface area contributed by atoms with Gasteiger partial charge in [0.1, 0.15) is 0 Å². The van der Waals surface area contributed by atoms with Crippen LogP contribution >= 0.6 is 15.2 Å². The Morgan fingerprint density at radius 2 is 1.22 bits per heavy atom. The highest BCUT2D eigenvalue weighted by atomic mass is 31.2. The molecule has 0 aliphatic heterocycles. The molecule has 10 nitrogen and oxygen atoms in total. The molecular formula is C6H19NO9P2. The van der Waals surface area contributed by atoms with Gasteiger partial charge in [0.25, 0.3) is 5.08 Å². The zero-order chi connectivity index (χ0) is 15.0. The number of hydrogen-bond acceptors (Lipinski definition) is 6. The van der Waals surface area contributed by atoms with Gasteiger partial charge in [0.05, 0.1) is 13.2 Å². The van der Waals surface area contributed by atoms with Crippen LogP contribution in [0.4, 0.5) is 0 Å². The fourth-order valence-corrected chi connectivity index (χ4v) is 1.81. The minimum Gasteiger partial charge on any atom is -0.395 e. The molecule has 18 heavy (non-hydrogen) atoms. The molecule has 0 aromatic rings. The van der Waals surface area contributed by atoms with Gasteiger partial charge in [-0.25, -0.2) is 0 Å². The molecule has 0 saturated heterocycles. The van der Waals surface area contributed by atoms with E-state index in [0.29, 0.717) is 20.0 Å². The van der Waals surface area contributed by atoms with Gasteiger partial charge in [-0.3, -0.25) is 9.13 Å². The molecule has 0 spiro atoms. The van der Waals surface area contributed by atoms with Crippen molar-refractivity contribution in [3.63, 3.8) is 0 Å². The van der Waals surface area contributed by atoms with Gasteiger partial charge < -0.3 is 40.2 Å².